The smallest absolute Gasteiger partial charge is 0.462 e. The second-order valence-corrected chi connectivity index (χ2v) is 32.9. The highest BCUT2D eigenvalue weighted by Crippen LogP contribution is 2.45. The van der Waals surface area contributed by atoms with Crippen LogP contribution in [0.3, 0.4) is 0 Å². The van der Waals surface area contributed by atoms with E-state index in [1.54, 1.807) is 0 Å². The Kier molecular flexibility index (Phi) is 69.0. The van der Waals surface area contributed by atoms with E-state index in [0.717, 1.165) is 114 Å². The molecule has 19 heteroatoms. The van der Waals surface area contributed by atoms with E-state index < -0.39 is 97.5 Å². The summed E-state index contributed by atoms with van der Waals surface area (Å²) >= 11 is 0. The Morgan fingerprint density at radius 3 is 0.768 bits per heavy atom. The summed E-state index contributed by atoms with van der Waals surface area (Å²) in [5.74, 6) is 0.312. The van der Waals surface area contributed by atoms with Crippen LogP contribution in [0.5, 0.6) is 0 Å². The summed E-state index contributed by atoms with van der Waals surface area (Å²) in [5, 5.41) is 10.6. The third kappa shape index (κ3) is 72.8. The van der Waals surface area contributed by atoms with Gasteiger partial charge in [-0.1, -0.05) is 363 Å². The van der Waals surface area contributed by atoms with Crippen molar-refractivity contribution in [3.8, 4) is 0 Å². The topological polar surface area (TPSA) is 237 Å². The maximum absolute atomic E-state index is 13.1. The van der Waals surface area contributed by atoms with E-state index in [-0.39, 0.29) is 25.7 Å². The summed E-state index contributed by atoms with van der Waals surface area (Å²) in [6, 6.07) is 0. The number of unbranched alkanes of at least 4 members (excludes halogenated alkanes) is 45. The molecule has 0 saturated heterocycles. The number of hydrogen-bond acceptors (Lipinski definition) is 15. The number of ether oxygens (including phenoxy) is 4. The van der Waals surface area contributed by atoms with Crippen LogP contribution in [0.2, 0.25) is 0 Å². The van der Waals surface area contributed by atoms with Gasteiger partial charge in [-0.05, 0) is 43.4 Å². The SMILES string of the molecule is CCCCCCCC(=O)OC[C@H](COP(=O)(O)OC[C@H](O)COP(=O)(O)OC[C@@H](COC(=O)CCCCCCCCCCCCCCCCCCC(C)C)OC(=O)CCCCCCCCCCCCCCCCCCCCC(C)C)OC(=O)CCCCCCCCCCCCC(C)CC. The lowest BCUT2D eigenvalue weighted by molar-refractivity contribution is -0.161. The average molecular weight is 1450 g/mol. The summed E-state index contributed by atoms with van der Waals surface area (Å²) in [4.78, 5) is 72.7. The van der Waals surface area contributed by atoms with Crippen molar-refractivity contribution in [3.63, 3.8) is 0 Å². The van der Waals surface area contributed by atoms with Crippen molar-refractivity contribution in [2.24, 2.45) is 17.8 Å². The molecule has 0 spiro atoms. The fourth-order valence-corrected chi connectivity index (χ4v) is 13.9. The van der Waals surface area contributed by atoms with Crippen molar-refractivity contribution in [2.45, 2.75) is 433 Å². The molecule has 0 saturated carbocycles. The molecule has 0 aromatic carbocycles. The Bertz CT molecular complexity index is 1920. The minimum absolute atomic E-state index is 0.105. The highest BCUT2D eigenvalue weighted by Gasteiger charge is 2.30. The molecule has 3 N–H and O–H groups in total. The van der Waals surface area contributed by atoms with E-state index in [1.807, 2.05) is 0 Å². The first-order valence-corrected chi connectivity index (χ1v) is 44.4. The van der Waals surface area contributed by atoms with Gasteiger partial charge in [0, 0.05) is 25.7 Å². The number of carbonyl (C=O) groups excluding carboxylic acids is 4. The molecule has 0 aromatic heterocycles. The van der Waals surface area contributed by atoms with Gasteiger partial charge in [-0.15, -0.1) is 0 Å². The van der Waals surface area contributed by atoms with Gasteiger partial charge in [-0.25, -0.2) is 9.13 Å². The second-order valence-electron chi connectivity index (χ2n) is 30.0. The molecular formula is C80H156O17P2. The fraction of sp³-hybridized carbons (Fsp3) is 0.950. The van der Waals surface area contributed by atoms with Crippen molar-refractivity contribution < 1.29 is 80.2 Å². The zero-order valence-corrected chi connectivity index (χ0v) is 66.8. The first-order chi connectivity index (χ1) is 47.8. The molecule has 0 aliphatic carbocycles. The molecule has 0 rings (SSSR count). The van der Waals surface area contributed by atoms with Gasteiger partial charge in [0.1, 0.15) is 19.3 Å². The minimum Gasteiger partial charge on any atom is -0.462 e. The van der Waals surface area contributed by atoms with Gasteiger partial charge in [0.25, 0.3) is 0 Å². The van der Waals surface area contributed by atoms with E-state index >= 15 is 0 Å². The van der Waals surface area contributed by atoms with Crippen LogP contribution in [0.4, 0.5) is 0 Å². The molecule has 3 unspecified atom stereocenters. The zero-order valence-electron chi connectivity index (χ0n) is 65.0. The van der Waals surface area contributed by atoms with Crippen LogP contribution < -0.4 is 0 Å². The summed E-state index contributed by atoms with van der Waals surface area (Å²) < 4.78 is 68.4. The zero-order chi connectivity index (χ0) is 73.0. The second kappa shape index (κ2) is 70.4. The first-order valence-electron chi connectivity index (χ1n) is 41.4. The van der Waals surface area contributed by atoms with Gasteiger partial charge >= 0.3 is 39.5 Å². The monoisotopic (exact) mass is 1450 g/mol. The van der Waals surface area contributed by atoms with E-state index in [9.17, 15) is 43.2 Å². The molecule has 0 bridgehead atoms. The Labute approximate surface area is 607 Å². The van der Waals surface area contributed by atoms with Crippen molar-refractivity contribution in [3.05, 3.63) is 0 Å². The number of aliphatic hydroxyl groups excluding tert-OH is 1. The summed E-state index contributed by atoms with van der Waals surface area (Å²) in [6.45, 7) is 11.9. The first kappa shape index (κ1) is 97.1. The lowest BCUT2D eigenvalue weighted by atomic mass is 9.99. The van der Waals surface area contributed by atoms with E-state index in [2.05, 4.69) is 48.5 Å². The molecule has 6 atom stereocenters. The molecule has 588 valence electrons. The summed E-state index contributed by atoms with van der Waals surface area (Å²) in [6.07, 6.45) is 58.7. The normalized spacial score (nSPS) is 14.3. The van der Waals surface area contributed by atoms with E-state index in [1.165, 1.54) is 218 Å². The number of hydrogen-bond donors (Lipinski definition) is 3. The number of esters is 4. The van der Waals surface area contributed by atoms with Gasteiger partial charge in [0.05, 0.1) is 26.4 Å². The molecule has 0 fully saturated rings. The van der Waals surface area contributed by atoms with Crippen LogP contribution in [0.25, 0.3) is 0 Å². The predicted octanol–water partition coefficient (Wildman–Crippen LogP) is 23.7. The van der Waals surface area contributed by atoms with Gasteiger partial charge < -0.3 is 33.8 Å². The number of phosphoric ester groups is 2. The molecular weight excluding hydrogens is 1290 g/mol. The van der Waals surface area contributed by atoms with E-state index in [4.69, 9.17) is 37.0 Å². The molecule has 0 amide bonds. The van der Waals surface area contributed by atoms with Crippen LogP contribution in [0, 0.1) is 17.8 Å². The number of carbonyl (C=O) groups is 4. The number of phosphoric acid groups is 2. The van der Waals surface area contributed by atoms with Crippen molar-refractivity contribution in [2.75, 3.05) is 39.6 Å². The lowest BCUT2D eigenvalue weighted by Crippen LogP contribution is -2.30. The van der Waals surface area contributed by atoms with Crippen LogP contribution in [0.15, 0.2) is 0 Å². The van der Waals surface area contributed by atoms with Crippen LogP contribution in [-0.4, -0.2) is 96.7 Å². The van der Waals surface area contributed by atoms with Gasteiger partial charge in [-0.2, -0.15) is 0 Å². The minimum atomic E-state index is -4.96. The van der Waals surface area contributed by atoms with Crippen molar-refractivity contribution >= 4 is 39.5 Å². The fourth-order valence-electron chi connectivity index (χ4n) is 12.3. The molecule has 0 radical (unpaired) electrons. The van der Waals surface area contributed by atoms with Crippen LogP contribution >= 0.6 is 15.6 Å². The largest absolute Gasteiger partial charge is 0.472 e. The quantitative estimate of drug-likeness (QED) is 0.0222. The molecule has 0 aromatic rings. The molecule has 99 heavy (non-hydrogen) atoms. The van der Waals surface area contributed by atoms with Crippen molar-refractivity contribution in [1.29, 1.82) is 0 Å². The number of rotatable bonds is 78. The Morgan fingerprint density at radius 1 is 0.293 bits per heavy atom. The van der Waals surface area contributed by atoms with Gasteiger partial charge in [0.15, 0.2) is 12.2 Å². The van der Waals surface area contributed by atoms with Crippen LogP contribution in [-0.2, 0) is 65.4 Å². The Balaban J connectivity index is 5.13. The predicted molar refractivity (Wildman–Crippen MR) is 405 cm³/mol. The lowest BCUT2D eigenvalue weighted by Gasteiger charge is -2.21. The standard InChI is InChI=1S/C80H156O17P2/c1-8-10-11-44-54-61-77(82)90-67-75(96-79(84)64-57-50-43-37-31-30-34-40-47-53-60-73(7)9-2)69-94-98(86,87)92-65-74(81)66-93-99(88,89)95-70-76(68-91-78(83)62-55-48-41-35-28-24-20-17-16-19-23-27-33-39-46-52-59-72(5)6)97-80(85)63-56-49-42-36-29-25-21-15-13-12-14-18-22-26-32-38-45-51-58-71(3)4/h71-76,81H,8-70H2,1-7H3,(H,86,87)(H,88,89)/t73?,74-,75+,76+/m0/s1. The van der Waals surface area contributed by atoms with E-state index in [0.29, 0.717) is 25.7 Å². The van der Waals surface area contributed by atoms with Crippen LogP contribution in [0.1, 0.15) is 414 Å². The maximum atomic E-state index is 13.1. The average Bonchev–Trinajstić information content (AvgIpc) is 0.998. The maximum Gasteiger partial charge on any atom is 0.472 e. The Morgan fingerprint density at radius 2 is 0.515 bits per heavy atom. The summed E-state index contributed by atoms with van der Waals surface area (Å²) in [5.41, 5.74) is 0. The molecule has 17 nitrogen and oxygen atoms in total. The Hall–Kier alpha value is -1.94. The summed E-state index contributed by atoms with van der Waals surface area (Å²) in [7, 11) is -9.91. The molecule has 0 heterocycles. The van der Waals surface area contributed by atoms with Crippen molar-refractivity contribution in [1.82, 2.24) is 0 Å². The van der Waals surface area contributed by atoms with Gasteiger partial charge in [0.2, 0.25) is 0 Å². The third-order valence-electron chi connectivity index (χ3n) is 19.0. The molecule has 0 aliphatic heterocycles. The highest BCUT2D eigenvalue weighted by atomic mass is 31.2. The molecule has 0 aliphatic rings. The third-order valence-corrected chi connectivity index (χ3v) is 20.9. The highest BCUT2D eigenvalue weighted by molar-refractivity contribution is 7.47. The van der Waals surface area contributed by atoms with Gasteiger partial charge in [-0.3, -0.25) is 37.3 Å². The number of aliphatic hydroxyl groups is 1.